The highest BCUT2D eigenvalue weighted by Crippen LogP contribution is 2.38. The molecule has 1 heterocycles. The number of halogens is 3. The van der Waals surface area contributed by atoms with E-state index in [9.17, 15) is 22.8 Å². The predicted molar refractivity (Wildman–Crippen MR) is 113 cm³/mol. The third-order valence-corrected chi connectivity index (χ3v) is 4.54. The van der Waals surface area contributed by atoms with Gasteiger partial charge in [0.15, 0.2) is 0 Å². The Morgan fingerprint density at radius 3 is 2.19 bits per heavy atom. The van der Waals surface area contributed by atoms with Gasteiger partial charge in [-0.1, -0.05) is 39.8 Å². The van der Waals surface area contributed by atoms with Crippen molar-refractivity contribution in [3.05, 3.63) is 64.0 Å². The van der Waals surface area contributed by atoms with Crippen molar-refractivity contribution in [2.75, 3.05) is 0 Å². The molecule has 0 amide bonds. The van der Waals surface area contributed by atoms with Crippen molar-refractivity contribution >= 4 is 16.9 Å². The SMILES string of the molecule is CCc1ccc(Oc2c(C(F)(F)F)oc3cc(OC(=O)CC(C)(C)C)ccc3c2=O)cc1. The molecule has 0 saturated heterocycles. The molecule has 0 spiro atoms. The minimum Gasteiger partial charge on any atom is -0.449 e. The van der Waals surface area contributed by atoms with Gasteiger partial charge in [-0.2, -0.15) is 13.2 Å². The van der Waals surface area contributed by atoms with Crippen molar-refractivity contribution in [3.8, 4) is 17.2 Å². The molecule has 2 aromatic carbocycles. The Balaban J connectivity index is 2.03. The van der Waals surface area contributed by atoms with Crippen LogP contribution in [-0.2, 0) is 17.4 Å². The van der Waals surface area contributed by atoms with Crippen LogP contribution in [0.1, 0.15) is 45.4 Å². The molecule has 8 heteroatoms. The molecular formula is C24H23F3O5. The van der Waals surface area contributed by atoms with Crippen molar-refractivity contribution in [1.82, 2.24) is 0 Å². The normalized spacial score (nSPS) is 12.1. The lowest BCUT2D eigenvalue weighted by Crippen LogP contribution is -2.18. The van der Waals surface area contributed by atoms with E-state index in [2.05, 4.69) is 0 Å². The van der Waals surface area contributed by atoms with Crippen LogP contribution in [0.2, 0.25) is 0 Å². The molecule has 0 unspecified atom stereocenters. The highest BCUT2D eigenvalue weighted by atomic mass is 19.4. The van der Waals surface area contributed by atoms with E-state index in [4.69, 9.17) is 13.9 Å². The zero-order valence-corrected chi connectivity index (χ0v) is 18.1. The molecule has 170 valence electrons. The minimum atomic E-state index is -4.98. The van der Waals surface area contributed by atoms with Crippen molar-refractivity contribution in [2.24, 2.45) is 5.41 Å². The molecule has 0 saturated carbocycles. The third kappa shape index (κ3) is 5.49. The maximum absolute atomic E-state index is 13.7. The van der Waals surface area contributed by atoms with Gasteiger partial charge in [-0.05, 0) is 41.7 Å². The van der Waals surface area contributed by atoms with Gasteiger partial charge >= 0.3 is 12.1 Å². The summed E-state index contributed by atoms with van der Waals surface area (Å²) in [6.07, 6.45) is -4.13. The van der Waals surface area contributed by atoms with Crippen LogP contribution in [0.25, 0.3) is 11.0 Å². The molecule has 3 rings (SSSR count). The summed E-state index contributed by atoms with van der Waals surface area (Å²) < 4.78 is 56.6. The van der Waals surface area contributed by atoms with E-state index in [0.717, 1.165) is 18.1 Å². The number of ether oxygens (including phenoxy) is 2. The minimum absolute atomic E-state index is 0.0214. The van der Waals surface area contributed by atoms with Gasteiger partial charge in [0.05, 0.1) is 11.8 Å². The number of esters is 1. The van der Waals surface area contributed by atoms with Crippen LogP contribution in [0, 0.1) is 5.41 Å². The number of carbonyl (C=O) groups excluding carboxylic acids is 1. The number of rotatable bonds is 5. The van der Waals surface area contributed by atoms with Crippen molar-refractivity contribution in [2.45, 2.75) is 46.7 Å². The summed E-state index contributed by atoms with van der Waals surface area (Å²) in [6, 6.07) is 10.0. The van der Waals surface area contributed by atoms with Crippen molar-refractivity contribution < 1.29 is 31.9 Å². The molecule has 0 radical (unpaired) electrons. The zero-order chi connectivity index (χ0) is 23.7. The van der Waals surface area contributed by atoms with Crippen LogP contribution < -0.4 is 14.9 Å². The molecule has 0 N–H and O–H groups in total. The third-order valence-electron chi connectivity index (χ3n) is 4.54. The lowest BCUT2D eigenvalue weighted by atomic mass is 9.92. The topological polar surface area (TPSA) is 65.7 Å². The summed E-state index contributed by atoms with van der Waals surface area (Å²) >= 11 is 0. The fourth-order valence-corrected chi connectivity index (χ4v) is 3.01. The van der Waals surface area contributed by atoms with E-state index in [1.165, 1.54) is 24.3 Å². The van der Waals surface area contributed by atoms with Gasteiger partial charge in [0.25, 0.3) is 5.76 Å². The number of carbonyl (C=O) groups is 1. The average molecular weight is 448 g/mol. The second-order valence-electron chi connectivity index (χ2n) is 8.56. The van der Waals surface area contributed by atoms with Gasteiger partial charge in [0.2, 0.25) is 11.2 Å². The first-order valence-electron chi connectivity index (χ1n) is 10.0. The highest BCUT2D eigenvalue weighted by molar-refractivity contribution is 5.81. The molecule has 32 heavy (non-hydrogen) atoms. The monoisotopic (exact) mass is 448 g/mol. The molecular weight excluding hydrogens is 425 g/mol. The first-order chi connectivity index (χ1) is 14.9. The van der Waals surface area contributed by atoms with E-state index in [-0.39, 0.29) is 34.3 Å². The average Bonchev–Trinajstić information content (AvgIpc) is 2.68. The Morgan fingerprint density at radius 2 is 1.62 bits per heavy atom. The van der Waals surface area contributed by atoms with Gasteiger partial charge in [-0.15, -0.1) is 0 Å². The Kier molecular flexibility index (Phi) is 6.34. The molecule has 0 aliphatic carbocycles. The van der Waals surface area contributed by atoms with Crippen LogP contribution in [0.4, 0.5) is 13.2 Å². The molecule has 1 aromatic heterocycles. The molecule has 0 aliphatic heterocycles. The van der Waals surface area contributed by atoms with E-state index >= 15 is 0 Å². The standard InChI is InChI=1S/C24H23F3O5/c1-5-14-6-8-15(9-7-14)31-21-20(29)17-11-10-16(30-19(28)13-23(2,3)4)12-18(17)32-22(21)24(25,26)27/h6-12H,5,13H2,1-4H3. The maximum atomic E-state index is 13.7. The largest absolute Gasteiger partial charge is 0.453 e. The number of hydrogen-bond acceptors (Lipinski definition) is 5. The Morgan fingerprint density at radius 1 is 1.00 bits per heavy atom. The van der Waals surface area contributed by atoms with Gasteiger partial charge in [0.1, 0.15) is 17.1 Å². The number of fused-ring (bicyclic) bond motifs is 1. The first-order valence-corrected chi connectivity index (χ1v) is 10.0. The van der Waals surface area contributed by atoms with E-state index in [0.29, 0.717) is 0 Å². The second kappa shape index (κ2) is 8.68. The summed E-state index contributed by atoms with van der Waals surface area (Å²) in [5.41, 5.74) is -0.707. The number of aryl methyl sites for hydroxylation is 1. The van der Waals surface area contributed by atoms with Crippen molar-refractivity contribution in [3.63, 3.8) is 0 Å². The van der Waals surface area contributed by atoms with E-state index < -0.39 is 29.1 Å². The predicted octanol–water partition coefficient (Wildman–Crippen LogP) is 6.51. The van der Waals surface area contributed by atoms with Crippen molar-refractivity contribution in [1.29, 1.82) is 0 Å². The quantitative estimate of drug-likeness (QED) is 0.329. The fourth-order valence-electron chi connectivity index (χ4n) is 3.01. The van der Waals surface area contributed by atoms with Gasteiger partial charge in [-0.25, -0.2) is 0 Å². The van der Waals surface area contributed by atoms with Crippen LogP contribution >= 0.6 is 0 Å². The maximum Gasteiger partial charge on any atom is 0.453 e. The summed E-state index contributed by atoms with van der Waals surface area (Å²) in [4.78, 5) is 24.9. The Labute approximate surface area is 182 Å². The summed E-state index contributed by atoms with van der Waals surface area (Å²) in [5, 5.41) is -0.131. The lowest BCUT2D eigenvalue weighted by molar-refractivity contribution is -0.154. The molecule has 3 aromatic rings. The fraction of sp³-hybridized carbons (Fsp3) is 0.333. The van der Waals surface area contributed by atoms with Crippen LogP contribution in [-0.4, -0.2) is 5.97 Å². The molecule has 0 atom stereocenters. The van der Waals surface area contributed by atoms with Crippen LogP contribution in [0.3, 0.4) is 0 Å². The van der Waals surface area contributed by atoms with Crippen LogP contribution in [0.5, 0.6) is 17.2 Å². The Hall–Kier alpha value is -3.29. The lowest BCUT2D eigenvalue weighted by Gasteiger charge is -2.16. The van der Waals surface area contributed by atoms with Gasteiger partial charge in [-0.3, -0.25) is 9.59 Å². The highest BCUT2D eigenvalue weighted by Gasteiger charge is 2.40. The van der Waals surface area contributed by atoms with Crippen LogP contribution in [0.15, 0.2) is 51.7 Å². The Bertz CT molecular complexity index is 1190. The molecule has 0 fully saturated rings. The second-order valence-corrected chi connectivity index (χ2v) is 8.56. The van der Waals surface area contributed by atoms with Gasteiger partial charge in [0, 0.05) is 6.07 Å². The van der Waals surface area contributed by atoms with E-state index in [1.807, 2.05) is 27.7 Å². The summed E-state index contributed by atoms with van der Waals surface area (Å²) in [6.45, 7) is 7.48. The molecule has 0 bridgehead atoms. The molecule has 5 nitrogen and oxygen atoms in total. The first kappa shape index (κ1) is 23.4. The molecule has 0 aliphatic rings. The zero-order valence-electron chi connectivity index (χ0n) is 18.1. The number of benzene rings is 2. The van der Waals surface area contributed by atoms with E-state index in [1.54, 1.807) is 12.1 Å². The van der Waals surface area contributed by atoms with Gasteiger partial charge < -0.3 is 13.9 Å². The summed E-state index contributed by atoms with van der Waals surface area (Å²) in [7, 11) is 0. The number of alkyl halides is 3. The smallest absolute Gasteiger partial charge is 0.449 e. The summed E-state index contributed by atoms with van der Waals surface area (Å²) in [5.74, 6) is -3.01. The number of hydrogen-bond donors (Lipinski definition) is 0.